The molecule has 3 heterocycles. The van der Waals surface area contributed by atoms with Gasteiger partial charge < -0.3 is 14.2 Å². The Bertz CT molecular complexity index is 973. The van der Waals surface area contributed by atoms with Gasteiger partial charge in [-0.2, -0.15) is 0 Å². The lowest BCUT2D eigenvalue weighted by Crippen LogP contribution is -2.29. The first-order valence-electron chi connectivity index (χ1n) is 9.09. The van der Waals surface area contributed by atoms with Crippen molar-refractivity contribution in [3.05, 3.63) is 65.3 Å². The minimum atomic E-state index is 0.157. The number of aromatic nitrogens is 2. The number of hydrogen-bond donors (Lipinski definition) is 0. The Morgan fingerprint density at radius 2 is 2.07 bits per heavy atom. The van der Waals surface area contributed by atoms with Crippen LogP contribution in [-0.4, -0.2) is 23.8 Å². The summed E-state index contributed by atoms with van der Waals surface area (Å²) in [5.74, 6) is 1.61. The number of pyridine rings is 1. The fraction of sp³-hybridized carbons (Fsp3) is 0.273. The topological polar surface area (TPSA) is 51.4 Å². The van der Waals surface area contributed by atoms with Gasteiger partial charge in [-0.15, -0.1) is 0 Å². The van der Waals surface area contributed by atoms with Crippen LogP contribution >= 0.6 is 0 Å². The highest BCUT2D eigenvalue weighted by Gasteiger charge is 2.25. The van der Waals surface area contributed by atoms with Crippen molar-refractivity contribution in [3.8, 4) is 16.9 Å². The number of nitrogens with zero attached hydrogens (tertiary/aromatic N) is 3. The van der Waals surface area contributed by atoms with Gasteiger partial charge in [-0.05, 0) is 44.5 Å². The second-order valence-corrected chi connectivity index (χ2v) is 6.80. The molecule has 0 spiro atoms. The number of ether oxygens (including phenoxy) is 1. The molecule has 0 fully saturated rings. The molecule has 1 aliphatic rings. The molecule has 2 aromatic heterocycles. The van der Waals surface area contributed by atoms with Crippen LogP contribution in [0.15, 0.2) is 47.1 Å². The zero-order valence-electron chi connectivity index (χ0n) is 16.1. The highest BCUT2D eigenvalue weighted by molar-refractivity contribution is 5.83. The maximum atomic E-state index is 5.74. The Morgan fingerprint density at radius 3 is 2.74 bits per heavy atom. The SMILES string of the molecule is COc1cc2c(cc1-c1c(C)noc1C)C=CCN2C(C)c1ccccn1. The molecule has 0 aliphatic carbocycles. The normalized spacial score (nSPS) is 14.1. The molecule has 1 atom stereocenters. The first kappa shape index (κ1) is 17.3. The molecule has 27 heavy (non-hydrogen) atoms. The molecule has 138 valence electrons. The third-order valence-corrected chi connectivity index (χ3v) is 5.14. The van der Waals surface area contributed by atoms with Gasteiger partial charge in [0.05, 0.1) is 30.1 Å². The van der Waals surface area contributed by atoms with Crippen LogP contribution in [0.2, 0.25) is 0 Å². The number of rotatable bonds is 4. The average molecular weight is 361 g/mol. The summed E-state index contributed by atoms with van der Waals surface area (Å²) in [4.78, 5) is 6.88. The summed E-state index contributed by atoms with van der Waals surface area (Å²) < 4.78 is 11.1. The highest BCUT2D eigenvalue weighted by Crippen LogP contribution is 2.42. The van der Waals surface area contributed by atoms with Gasteiger partial charge in [0.25, 0.3) is 0 Å². The van der Waals surface area contributed by atoms with Gasteiger partial charge in [-0.1, -0.05) is 23.4 Å². The van der Waals surface area contributed by atoms with E-state index in [-0.39, 0.29) is 6.04 Å². The molecule has 1 aliphatic heterocycles. The Kier molecular flexibility index (Phi) is 4.44. The first-order chi connectivity index (χ1) is 13.1. The van der Waals surface area contributed by atoms with E-state index < -0.39 is 0 Å². The minimum Gasteiger partial charge on any atom is -0.496 e. The zero-order chi connectivity index (χ0) is 19.0. The average Bonchev–Trinajstić information content (AvgIpc) is 3.04. The Labute approximate surface area is 159 Å². The van der Waals surface area contributed by atoms with Crippen LogP contribution in [0.5, 0.6) is 5.75 Å². The quantitative estimate of drug-likeness (QED) is 0.658. The van der Waals surface area contributed by atoms with E-state index in [1.807, 2.05) is 32.2 Å². The van der Waals surface area contributed by atoms with E-state index >= 15 is 0 Å². The van der Waals surface area contributed by atoms with Gasteiger partial charge in [0.2, 0.25) is 0 Å². The third-order valence-electron chi connectivity index (χ3n) is 5.14. The van der Waals surface area contributed by atoms with E-state index in [0.29, 0.717) is 0 Å². The molecule has 1 aromatic carbocycles. The number of fused-ring (bicyclic) bond motifs is 1. The van der Waals surface area contributed by atoms with Gasteiger partial charge in [0.15, 0.2) is 0 Å². The van der Waals surface area contributed by atoms with Crippen molar-refractivity contribution in [1.82, 2.24) is 10.1 Å². The summed E-state index contributed by atoms with van der Waals surface area (Å²) in [6.45, 7) is 6.90. The van der Waals surface area contributed by atoms with Crippen LogP contribution < -0.4 is 9.64 Å². The fourth-order valence-corrected chi connectivity index (χ4v) is 3.74. The lowest BCUT2D eigenvalue weighted by Gasteiger charge is -2.34. The smallest absolute Gasteiger partial charge is 0.141 e. The van der Waals surface area contributed by atoms with E-state index in [2.05, 4.69) is 52.3 Å². The lowest BCUT2D eigenvalue weighted by atomic mass is 9.96. The fourth-order valence-electron chi connectivity index (χ4n) is 3.74. The van der Waals surface area contributed by atoms with Crippen LogP contribution in [0.3, 0.4) is 0 Å². The number of methoxy groups -OCH3 is 1. The van der Waals surface area contributed by atoms with Gasteiger partial charge in [0, 0.05) is 30.1 Å². The van der Waals surface area contributed by atoms with Gasteiger partial charge in [-0.25, -0.2) is 0 Å². The standard InChI is InChI=1S/C22H23N3O2/c1-14-22(16(3)27-24-14)18-12-17-8-7-11-25(20(17)13-21(18)26-4)15(2)19-9-5-6-10-23-19/h5-10,12-13,15H,11H2,1-4H3. The molecule has 3 aromatic rings. The number of anilines is 1. The first-order valence-corrected chi connectivity index (χ1v) is 9.09. The van der Waals surface area contributed by atoms with Crippen molar-refractivity contribution in [2.24, 2.45) is 0 Å². The zero-order valence-corrected chi connectivity index (χ0v) is 16.1. The van der Waals surface area contributed by atoms with Crippen molar-refractivity contribution in [2.75, 3.05) is 18.6 Å². The van der Waals surface area contributed by atoms with Gasteiger partial charge >= 0.3 is 0 Å². The minimum absolute atomic E-state index is 0.157. The number of benzene rings is 1. The second-order valence-electron chi connectivity index (χ2n) is 6.80. The summed E-state index contributed by atoms with van der Waals surface area (Å²) in [5, 5.41) is 4.10. The molecular weight excluding hydrogens is 338 g/mol. The van der Waals surface area contributed by atoms with Crippen molar-refractivity contribution in [2.45, 2.75) is 26.8 Å². The molecule has 5 heteroatoms. The van der Waals surface area contributed by atoms with Crippen molar-refractivity contribution in [3.63, 3.8) is 0 Å². The van der Waals surface area contributed by atoms with Crippen LogP contribution in [0.1, 0.15) is 35.7 Å². The predicted octanol–water partition coefficient (Wildman–Crippen LogP) is 4.96. The van der Waals surface area contributed by atoms with Crippen molar-refractivity contribution < 1.29 is 9.26 Å². The molecule has 0 bridgehead atoms. The lowest BCUT2D eigenvalue weighted by molar-refractivity contribution is 0.393. The molecular formula is C22H23N3O2. The maximum Gasteiger partial charge on any atom is 0.141 e. The monoisotopic (exact) mass is 361 g/mol. The van der Waals surface area contributed by atoms with Crippen molar-refractivity contribution >= 4 is 11.8 Å². The van der Waals surface area contributed by atoms with Crippen molar-refractivity contribution in [1.29, 1.82) is 0 Å². The molecule has 4 rings (SSSR count). The van der Waals surface area contributed by atoms with E-state index in [9.17, 15) is 0 Å². The van der Waals surface area contributed by atoms with E-state index in [0.717, 1.165) is 51.8 Å². The summed E-state index contributed by atoms with van der Waals surface area (Å²) in [5.41, 5.74) is 6.21. The summed E-state index contributed by atoms with van der Waals surface area (Å²) in [6, 6.07) is 10.5. The predicted molar refractivity (Wildman–Crippen MR) is 107 cm³/mol. The molecule has 0 saturated heterocycles. The Morgan fingerprint density at radius 1 is 1.22 bits per heavy atom. The summed E-state index contributed by atoms with van der Waals surface area (Å²) in [7, 11) is 1.70. The van der Waals surface area contributed by atoms with Crippen LogP contribution in [-0.2, 0) is 0 Å². The highest BCUT2D eigenvalue weighted by atomic mass is 16.5. The summed E-state index contributed by atoms with van der Waals surface area (Å²) in [6.07, 6.45) is 6.19. The van der Waals surface area contributed by atoms with E-state index in [1.165, 1.54) is 0 Å². The largest absolute Gasteiger partial charge is 0.496 e. The molecule has 0 amide bonds. The molecule has 5 nitrogen and oxygen atoms in total. The maximum absolute atomic E-state index is 5.74. The summed E-state index contributed by atoms with van der Waals surface area (Å²) >= 11 is 0. The molecule has 1 unspecified atom stereocenters. The van der Waals surface area contributed by atoms with Gasteiger partial charge in [-0.3, -0.25) is 4.98 Å². The van der Waals surface area contributed by atoms with Crippen LogP contribution in [0, 0.1) is 13.8 Å². The Balaban J connectivity index is 1.82. The second kappa shape index (κ2) is 6.91. The number of hydrogen-bond acceptors (Lipinski definition) is 5. The van der Waals surface area contributed by atoms with Crippen LogP contribution in [0.4, 0.5) is 5.69 Å². The van der Waals surface area contributed by atoms with E-state index in [4.69, 9.17) is 9.26 Å². The van der Waals surface area contributed by atoms with Gasteiger partial charge in [0.1, 0.15) is 11.5 Å². The van der Waals surface area contributed by atoms with E-state index in [1.54, 1.807) is 7.11 Å². The molecule has 0 N–H and O–H groups in total. The van der Waals surface area contributed by atoms with Crippen LogP contribution in [0.25, 0.3) is 17.2 Å². The number of aryl methyl sites for hydroxylation is 2. The third kappa shape index (κ3) is 2.99. The Hall–Kier alpha value is -3.08. The molecule has 0 saturated carbocycles. The molecule has 0 radical (unpaired) electrons.